The molecule has 216 valence electrons. The van der Waals surface area contributed by atoms with E-state index in [0.717, 1.165) is 20.1 Å². The molecule has 0 radical (unpaired) electrons. The number of nitrogens with one attached hydrogen (secondary N) is 3. The minimum atomic E-state index is -3.05. The van der Waals surface area contributed by atoms with E-state index in [1.54, 1.807) is 30.5 Å². The Kier molecular flexibility index (Phi) is 7.76. The molecule has 42 heavy (non-hydrogen) atoms. The summed E-state index contributed by atoms with van der Waals surface area (Å²) in [4.78, 5) is 49.5. The number of amides is 3. The van der Waals surface area contributed by atoms with Crippen LogP contribution in [0.2, 0.25) is 0 Å². The summed E-state index contributed by atoms with van der Waals surface area (Å²) >= 11 is 1.52. The van der Waals surface area contributed by atoms with Gasteiger partial charge in [0.15, 0.2) is 0 Å². The molecular formula is C29H25F2N5O5S. The van der Waals surface area contributed by atoms with Crippen molar-refractivity contribution in [3.05, 3.63) is 78.1 Å². The number of rotatable bonds is 8. The molecule has 0 saturated carbocycles. The molecule has 2 aromatic carbocycles. The molecule has 13 heteroatoms. The predicted molar refractivity (Wildman–Crippen MR) is 148 cm³/mol. The maximum absolute atomic E-state index is 13.1. The van der Waals surface area contributed by atoms with E-state index in [0.29, 0.717) is 22.8 Å². The van der Waals surface area contributed by atoms with Gasteiger partial charge in [0.2, 0.25) is 11.8 Å². The summed E-state index contributed by atoms with van der Waals surface area (Å²) in [5, 5.41) is 6.21. The Hall–Kier alpha value is -4.49. The van der Waals surface area contributed by atoms with Crippen molar-refractivity contribution < 1.29 is 32.6 Å². The zero-order valence-corrected chi connectivity index (χ0v) is 22.8. The number of halogens is 2. The van der Waals surface area contributed by atoms with E-state index < -0.39 is 43.0 Å². The largest absolute Gasteiger partial charge is 0.455 e. The number of hydrogen-bond donors (Lipinski definition) is 3. The number of nitrogens with zero attached hydrogens (tertiary/aromatic N) is 2. The van der Waals surface area contributed by atoms with Gasteiger partial charge < -0.3 is 30.0 Å². The molecule has 2 atom stereocenters. The average Bonchev–Trinajstić information content (AvgIpc) is 3.63. The summed E-state index contributed by atoms with van der Waals surface area (Å²) in [6, 6.07) is 17.0. The highest BCUT2D eigenvalue weighted by atomic mass is 32.2. The molecule has 0 bridgehead atoms. The lowest BCUT2D eigenvalue weighted by Crippen LogP contribution is -2.49. The monoisotopic (exact) mass is 593 g/mol. The fourth-order valence-electron chi connectivity index (χ4n) is 4.96. The molecule has 1 unspecified atom stereocenters. The minimum Gasteiger partial charge on any atom is -0.455 e. The highest BCUT2D eigenvalue weighted by Crippen LogP contribution is 2.46. The van der Waals surface area contributed by atoms with Crippen molar-refractivity contribution in [1.29, 1.82) is 0 Å². The molecule has 0 spiro atoms. The molecule has 0 aliphatic carbocycles. The van der Waals surface area contributed by atoms with Crippen molar-refractivity contribution in [3.8, 4) is 11.5 Å². The van der Waals surface area contributed by atoms with Crippen molar-refractivity contribution in [3.63, 3.8) is 0 Å². The van der Waals surface area contributed by atoms with Crippen molar-refractivity contribution >= 4 is 40.5 Å². The van der Waals surface area contributed by atoms with Gasteiger partial charge in [-0.2, -0.15) is 8.78 Å². The SMILES string of the molecule is O=C(NCC(=O)N1C[C@H](OC(F)F)CC1C(=O)NCc1ccc2cc[nH]c2n1)c1ccc2c(c1)Oc1ccccc1S2. The van der Waals surface area contributed by atoms with Crippen molar-refractivity contribution in [1.82, 2.24) is 25.5 Å². The lowest BCUT2D eigenvalue weighted by Gasteiger charge is -2.24. The normalized spacial score (nSPS) is 17.5. The Morgan fingerprint density at radius 3 is 2.76 bits per heavy atom. The van der Waals surface area contributed by atoms with Crippen LogP contribution in [-0.4, -0.2) is 64.4 Å². The van der Waals surface area contributed by atoms with Crippen LogP contribution in [0.25, 0.3) is 11.0 Å². The van der Waals surface area contributed by atoms with Crippen LogP contribution in [0.5, 0.6) is 11.5 Å². The maximum atomic E-state index is 13.1. The Bertz CT molecular complexity index is 1660. The number of para-hydroxylation sites is 1. The first kappa shape index (κ1) is 27.7. The summed E-state index contributed by atoms with van der Waals surface area (Å²) in [7, 11) is 0. The second kappa shape index (κ2) is 11.8. The van der Waals surface area contributed by atoms with Crippen molar-refractivity contribution in [2.75, 3.05) is 13.1 Å². The third kappa shape index (κ3) is 5.92. The summed E-state index contributed by atoms with van der Waals surface area (Å²) in [5.74, 6) is -0.459. The van der Waals surface area contributed by atoms with Crippen LogP contribution in [0.4, 0.5) is 8.78 Å². The maximum Gasteiger partial charge on any atom is 0.345 e. The molecule has 2 aliphatic heterocycles. The predicted octanol–water partition coefficient (Wildman–Crippen LogP) is 4.07. The smallest absolute Gasteiger partial charge is 0.345 e. The summed E-state index contributed by atoms with van der Waals surface area (Å²) < 4.78 is 36.5. The third-order valence-electron chi connectivity index (χ3n) is 6.99. The number of likely N-dealkylation sites (tertiary alicyclic amines) is 1. The lowest BCUT2D eigenvalue weighted by molar-refractivity contribution is -0.160. The second-order valence-corrected chi connectivity index (χ2v) is 10.8. The fourth-order valence-corrected chi connectivity index (χ4v) is 5.89. The number of hydrogen-bond acceptors (Lipinski definition) is 7. The van der Waals surface area contributed by atoms with E-state index in [9.17, 15) is 23.2 Å². The van der Waals surface area contributed by atoms with Crippen LogP contribution in [0.1, 0.15) is 22.5 Å². The van der Waals surface area contributed by atoms with Gasteiger partial charge in [0.25, 0.3) is 5.91 Å². The average molecular weight is 594 g/mol. The van der Waals surface area contributed by atoms with Gasteiger partial charge in [0.05, 0.1) is 34.7 Å². The molecule has 3 N–H and O–H groups in total. The number of ether oxygens (including phenoxy) is 2. The number of pyridine rings is 1. The van der Waals surface area contributed by atoms with Gasteiger partial charge in [-0.25, -0.2) is 4.98 Å². The van der Waals surface area contributed by atoms with Gasteiger partial charge in [-0.3, -0.25) is 14.4 Å². The number of benzene rings is 2. The summed E-state index contributed by atoms with van der Waals surface area (Å²) in [5.41, 5.74) is 1.52. The standard InChI is InChI=1S/C29H25F2N5O5S/c30-29(31)40-19-12-20(28(39)33-13-18-7-5-16-9-10-32-26(16)35-18)36(15-19)25(37)14-34-27(38)17-6-8-24-22(11-17)41-21-3-1-2-4-23(21)42-24/h1-11,19-20,29H,12-15H2,(H,32,35)(H,33,39)(H,34,38)/t19-,20?/m1/s1. The van der Waals surface area contributed by atoms with Crippen LogP contribution in [0.3, 0.4) is 0 Å². The number of alkyl halides is 2. The molecule has 2 aromatic heterocycles. The molecule has 10 nitrogen and oxygen atoms in total. The summed E-state index contributed by atoms with van der Waals surface area (Å²) in [6.07, 6.45) is 0.605. The first-order valence-electron chi connectivity index (χ1n) is 13.1. The minimum absolute atomic E-state index is 0.0760. The molecule has 2 aliphatic rings. The quantitative estimate of drug-likeness (QED) is 0.248. The van der Waals surface area contributed by atoms with E-state index in [1.165, 1.54) is 11.8 Å². The van der Waals surface area contributed by atoms with Gasteiger partial charge in [-0.05, 0) is 48.5 Å². The molecule has 6 rings (SSSR count). The van der Waals surface area contributed by atoms with Gasteiger partial charge in [0.1, 0.15) is 23.2 Å². The number of aromatic amines is 1. The summed E-state index contributed by atoms with van der Waals surface area (Å²) in [6.45, 7) is -3.63. The van der Waals surface area contributed by atoms with Gasteiger partial charge in [-0.15, -0.1) is 0 Å². The van der Waals surface area contributed by atoms with Gasteiger partial charge in [-0.1, -0.05) is 23.9 Å². The van der Waals surface area contributed by atoms with E-state index in [2.05, 4.69) is 25.3 Å². The van der Waals surface area contributed by atoms with Crippen molar-refractivity contribution in [2.24, 2.45) is 0 Å². The van der Waals surface area contributed by atoms with Crippen LogP contribution in [-0.2, 0) is 20.9 Å². The fraction of sp³-hybridized carbons (Fsp3) is 0.241. The number of H-pyrrole nitrogens is 1. The van der Waals surface area contributed by atoms with Gasteiger partial charge >= 0.3 is 6.61 Å². The van der Waals surface area contributed by atoms with E-state index >= 15 is 0 Å². The molecule has 1 fully saturated rings. The topological polar surface area (TPSA) is 126 Å². The van der Waals surface area contributed by atoms with Gasteiger partial charge in [0, 0.05) is 30.1 Å². The molecule has 3 amide bonds. The Balaban J connectivity index is 1.09. The van der Waals surface area contributed by atoms with E-state index in [4.69, 9.17) is 4.74 Å². The zero-order valence-electron chi connectivity index (χ0n) is 22.0. The molecule has 4 aromatic rings. The number of aromatic nitrogens is 2. The van der Waals surface area contributed by atoms with Crippen LogP contribution in [0, 0.1) is 0 Å². The Morgan fingerprint density at radius 2 is 1.90 bits per heavy atom. The molecular weight excluding hydrogens is 568 g/mol. The molecule has 1 saturated heterocycles. The first-order chi connectivity index (χ1) is 20.3. The molecule has 4 heterocycles. The lowest BCUT2D eigenvalue weighted by atomic mass is 10.1. The van der Waals surface area contributed by atoms with E-state index in [1.807, 2.05) is 36.4 Å². The van der Waals surface area contributed by atoms with Crippen LogP contribution in [0.15, 0.2) is 76.7 Å². The van der Waals surface area contributed by atoms with Crippen LogP contribution >= 0.6 is 11.8 Å². The number of fused-ring (bicyclic) bond motifs is 3. The highest BCUT2D eigenvalue weighted by Gasteiger charge is 2.41. The Labute approximate surface area is 242 Å². The number of carbonyl (C=O) groups is 3. The first-order valence-corrected chi connectivity index (χ1v) is 14.0. The van der Waals surface area contributed by atoms with E-state index in [-0.39, 0.29) is 25.1 Å². The highest BCUT2D eigenvalue weighted by molar-refractivity contribution is 7.99. The van der Waals surface area contributed by atoms with Crippen LogP contribution < -0.4 is 15.4 Å². The van der Waals surface area contributed by atoms with Crippen molar-refractivity contribution in [2.45, 2.75) is 41.5 Å². The second-order valence-electron chi connectivity index (χ2n) is 9.75. The zero-order chi connectivity index (χ0) is 29.2. The Morgan fingerprint density at radius 1 is 1.07 bits per heavy atom. The third-order valence-corrected chi connectivity index (χ3v) is 8.10. The number of carbonyl (C=O) groups excluding carboxylic acids is 3.